The van der Waals surface area contributed by atoms with E-state index in [1.807, 2.05) is 0 Å². The van der Waals surface area contributed by atoms with Crippen LogP contribution in [0.25, 0.3) is 0 Å². The Morgan fingerprint density at radius 3 is 0.893 bits per heavy atom. The summed E-state index contributed by atoms with van der Waals surface area (Å²) in [4.78, 5) is 0. The van der Waals surface area contributed by atoms with Gasteiger partial charge in [-0.1, -0.05) is 104 Å². The van der Waals surface area contributed by atoms with Crippen LogP contribution in [0, 0.1) is 0 Å². The van der Waals surface area contributed by atoms with Gasteiger partial charge in [0.25, 0.3) is 0 Å². The number of rotatable bonds is 3. The zero-order valence-electron chi connectivity index (χ0n) is 13.4. The molecule has 0 fully saturated rings. The van der Waals surface area contributed by atoms with Gasteiger partial charge >= 0.3 is 0 Å². The van der Waals surface area contributed by atoms with Crippen LogP contribution in [0.1, 0.15) is 0 Å². The minimum atomic E-state index is -0.643. The Morgan fingerprint density at radius 1 is 0.393 bits per heavy atom. The topological polar surface area (TPSA) is 0 Å². The van der Waals surface area contributed by atoms with Crippen LogP contribution in [0.5, 0.6) is 0 Å². The molecule has 28 heavy (non-hydrogen) atoms. The molecular formula is C18H6BCl9. The van der Waals surface area contributed by atoms with E-state index in [4.69, 9.17) is 104 Å². The first-order chi connectivity index (χ1) is 13.1. The van der Waals surface area contributed by atoms with Gasteiger partial charge in [-0.05, 0) is 52.8 Å². The van der Waals surface area contributed by atoms with Crippen molar-refractivity contribution in [2.24, 2.45) is 0 Å². The first kappa shape index (κ1) is 23.0. The van der Waals surface area contributed by atoms with Crippen LogP contribution in [0.2, 0.25) is 45.2 Å². The maximum Gasteiger partial charge on any atom is 0.247 e. The lowest BCUT2D eigenvalue weighted by molar-refractivity contribution is 1.70. The first-order valence-corrected chi connectivity index (χ1v) is 10.9. The molecule has 0 saturated carbocycles. The van der Waals surface area contributed by atoms with Crippen molar-refractivity contribution in [1.82, 2.24) is 0 Å². The molecule has 0 nitrogen and oxygen atoms in total. The molecule has 0 aliphatic heterocycles. The molecule has 10 heteroatoms. The van der Waals surface area contributed by atoms with Gasteiger partial charge in [-0.2, -0.15) is 0 Å². The quantitative estimate of drug-likeness (QED) is 0.228. The van der Waals surface area contributed by atoms with Crippen LogP contribution in [-0.2, 0) is 0 Å². The fourth-order valence-electron chi connectivity index (χ4n) is 2.86. The number of hydrogen-bond donors (Lipinski definition) is 0. The van der Waals surface area contributed by atoms with Crippen molar-refractivity contribution in [3.05, 3.63) is 81.6 Å². The largest absolute Gasteiger partial charge is 0.247 e. The summed E-state index contributed by atoms with van der Waals surface area (Å²) in [6.45, 7) is -0.643. The molecule has 0 radical (unpaired) electrons. The molecule has 3 aromatic carbocycles. The Balaban J connectivity index is 2.44. The van der Waals surface area contributed by atoms with Crippen LogP contribution >= 0.6 is 104 Å². The summed E-state index contributed by atoms with van der Waals surface area (Å²) in [7, 11) is 0. The van der Waals surface area contributed by atoms with Crippen LogP contribution in [0.3, 0.4) is 0 Å². The minimum Gasteiger partial charge on any atom is -0.0843 e. The monoisotopic (exact) mass is 548 g/mol. The molecule has 0 saturated heterocycles. The summed E-state index contributed by atoms with van der Waals surface area (Å²) in [6, 6.07) is 9.59. The highest BCUT2D eigenvalue weighted by molar-refractivity contribution is 6.99. The molecule has 0 unspecified atom stereocenters. The highest BCUT2D eigenvalue weighted by atomic mass is 35.5. The summed E-state index contributed by atoms with van der Waals surface area (Å²) in [5.41, 5.74) is 1.62. The van der Waals surface area contributed by atoms with Crippen molar-refractivity contribution in [3.8, 4) is 0 Å². The highest BCUT2D eigenvalue weighted by Gasteiger charge is 2.31. The van der Waals surface area contributed by atoms with E-state index in [2.05, 4.69) is 0 Å². The standard InChI is InChI=1S/C18H6BCl9/c20-7-1-10(16(26)13(23)4-7)19(11-2-8(21)5-14(24)17(11)27)12-3-9(22)6-15(25)18(12)28/h1-6H. The maximum atomic E-state index is 6.51. The first-order valence-electron chi connectivity index (χ1n) is 7.53. The average molecular weight is 552 g/mol. The molecule has 0 aliphatic rings. The summed E-state index contributed by atoms with van der Waals surface area (Å²) in [5, 5.41) is 2.75. The fourth-order valence-corrected chi connectivity index (χ4v) is 5.04. The van der Waals surface area contributed by atoms with Crippen molar-refractivity contribution < 1.29 is 0 Å². The van der Waals surface area contributed by atoms with Crippen molar-refractivity contribution in [1.29, 1.82) is 0 Å². The van der Waals surface area contributed by atoms with E-state index in [9.17, 15) is 0 Å². The lowest BCUT2D eigenvalue weighted by Gasteiger charge is -2.21. The minimum absolute atomic E-state index is 0.266. The van der Waals surface area contributed by atoms with Crippen LogP contribution in [-0.4, -0.2) is 6.71 Å². The molecule has 0 spiro atoms. The van der Waals surface area contributed by atoms with Gasteiger partial charge in [0.2, 0.25) is 6.71 Å². The molecule has 0 bridgehead atoms. The zero-order valence-corrected chi connectivity index (χ0v) is 20.2. The molecule has 0 amide bonds. The second kappa shape index (κ2) is 9.22. The van der Waals surface area contributed by atoms with Gasteiger partial charge in [0.15, 0.2) is 0 Å². The van der Waals surface area contributed by atoms with Gasteiger partial charge in [0.1, 0.15) is 0 Å². The van der Waals surface area contributed by atoms with Gasteiger partial charge in [-0.3, -0.25) is 0 Å². The third kappa shape index (κ3) is 4.64. The van der Waals surface area contributed by atoms with E-state index < -0.39 is 6.71 Å². The van der Waals surface area contributed by atoms with Crippen LogP contribution in [0.15, 0.2) is 36.4 Å². The van der Waals surface area contributed by atoms with E-state index in [0.717, 1.165) is 0 Å². The maximum absolute atomic E-state index is 6.51. The molecule has 3 aromatic rings. The van der Waals surface area contributed by atoms with Gasteiger partial charge < -0.3 is 0 Å². The molecule has 0 aromatic heterocycles. The van der Waals surface area contributed by atoms with Gasteiger partial charge in [0.05, 0.1) is 30.1 Å². The molecule has 144 valence electrons. The number of hydrogen-bond acceptors (Lipinski definition) is 0. The van der Waals surface area contributed by atoms with E-state index in [0.29, 0.717) is 31.5 Å². The predicted molar refractivity (Wildman–Crippen MR) is 129 cm³/mol. The lowest BCUT2D eigenvalue weighted by atomic mass is 9.36. The Morgan fingerprint density at radius 2 is 0.643 bits per heavy atom. The van der Waals surface area contributed by atoms with Crippen molar-refractivity contribution >= 4 is 128 Å². The molecule has 0 N–H and O–H groups in total. The summed E-state index contributed by atoms with van der Waals surface area (Å²) in [5.74, 6) is 0. The Labute approximate surface area is 207 Å². The van der Waals surface area contributed by atoms with Gasteiger partial charge in [0, 0.05) is 15.1 Å². The second-order valence-electron chi connectivity index (χ2n) is 5.81. The Hall–Kier alpha value is 0.335. The second-order valence-corrected chi connectivity index (χ2v) is 9.47. The fraction of sp³-hybridized carbons (Fsp3) is 0. The number of benzene rings is 3. The smallest absolute Gasteiger partial charge is 0.0843 e. The summed E-state index contributed by atoms with van der Waals surface area (Å²) in [6.07, 6.45) is 0. The van der Waals surface area contributed by atoms with Crippen LogP contribution in [0.4, 0.5) is 0 Å². The van der Waals surface area contributed by atoms with E-state index >= 15 is 0 Å². The lowest BCUT2D eigenvalue weighted by Crippen LogP contribution is -2.53. The Bertz CT molecular complexity index is 945. The van der Waals surface area contributed by atoms with Gasteiger partial charge in [-0.25, -0.2) is 0 Å². The normalized spacial score (nSPS) is 11.0. The van der Waals surface area contributed by atoms with Gasteiger partial charge in [-0.15, -0.1) is 0 Å². The number of halogens is 9. The van der Waals surface area contributed by atoms with E-state index in [1.165, 1.54) is 18.2 Å². The average Bonchev–Trinajstić information content (AvgIpc) is 2.60. The van der Waals surface area contributed by atoms with E-state index in [1.54, 1.807) is 18.2 Å². The molecular weight excluding hydrogens is 546 g/mol. The highest BCUT2D eigenvalue weighted by Crippen LogP contribution is 2.30. The molecule has 0 heterocycles. The third-order valence-corrected chi connectivity index (χ3v) is 7.10. The Kier molecular flexibility index (Phi) is 7.58. The summed E-state index contributed by atoms with van der Waals surface area (Å²) >= 11 is 57.0. The third-order valence-electron chi connectivity index (χ3n) is 4.00. The molecule has 0 aliphatic carbocycles. The van der Waals surface area contributed by atoms with Crippen molar-refractivity contribution in [2.75, 3.05) is 0 Å². The van der Waals surface area contributed by atoms with Crippen molar-refractivity contribution in [2.45, 2.75) is 0 Å². The van der Waals surface area contributed by atoms with E-state index in [-0.39, 0.29) is 30.1 Å². The van der Waals surface area contributed by atoms with Crippen LogP contribution < -0.4 is 16.4 Å². The zero-order chi connectivity index (χ0) is 20.7. The van der Waals surface area contributed by atoms with Crippen molar-refractivity contribution in [3.63, 3.8) is 0 Å². The molecule has 0 atom stereocenters. The predicted octanol–water partition coefficient (Wildman–Crippen LogP) is 8.08. The summed E-state index contributed by atoms with van der Waals surface area (Å²) < 4.78 is 0. The SMILES string of the molecule is Clc1cc(Cl)c(Cl)c(B(c2cc(Cl)cc(Cl)c2Cl)c2cc(Cl)cc(Cl)c2Cl)c1. The molecule has 3 rings (SSSR count).